The lowest BCUT2D eigenvalue weighted by Gasteiger charge is -2.11. The Bertz CT molecular complexity index is 879. The number of pyridine rings is 1. The first-order chi connectivity index (χ1) is 12.7. The Labute approximate surface area is 166 Å². The van der Waals surface area contributed by atoms with E-state index < -0.39 is 25.0 Å². The maximum Gasteiger partial charge on any atom is 0.387 e. The fourth-order valence-corrected chi connectivity index (χ4v) is 2.46. The highest BCUT2D eigenvalue weighted by Crippen LogP contribution is 2.32. The van der Waals surface area contributed by atoms with Gasteiger partial charge in [0, 0.05) is 11.8 Å². The summed E-state index contributed by atoms with van der Waals surface area (Å²) >= 11 is 17.4. The molecule has 0 N–H and O–H groups in total. The Morgan fingerprint density at radius 1 is 1.15 bits per heavy atom. The second-order valence-corrected chi connectivity index (χ2v) is 5.99. The summed E-state index contributed by atoms with van der Waals surface area (Å²) < 4.78 is 38.7. The molecule has 0 atom stereocenters. The van der Waals surface area contributed by atoms with Crippen molar-refractivity contribution in [1.82, 2.24) is 4.98 Å². The first-order valence-corrected chi connectivity index (χ1v) is 8.20. The minimum atomic E-state index is -3.05. The monoisotopic (exact) mass is 439 g/mol. The van der Waals surface area contributed by atoms with E-state index in [9.17, 15) is 18.4 Å². The third-order valence-electron chi connectivity index (χ3n) is 3.15. The third-order valence-corrected chi connectivity index (χ3v) is 4.39. The summed E-state index contributed by atoms with van der Waals surface area (Å²) in [6.45, 7) is -3.71. The van der Waals surface area contributed by atoms with Crippen LogP contribution in [0.25, 0.3) is 0 Å². The third kappa shape index (κ3) is 5.18. The van der Waals surface area contributed by atoms with Crippen molar-refractivity contribution in [1.29, 1.82) is 0 Å². The number of Topliss-reactive ketones (excluding diaryl/α,β-unsaturated/α-hetero) is 1. The average molecular weight is 441 g/mol. The lowest BCUT2D eigenvalue weighted by atomic mass is 10.1. The van der Waals surface area contributed by atoms with Crippen molar-refractivity contribution in [2.75, 3.05) is 13.7 Å². The molecule has 0 aliphatic rings. The molecular weight excluding hydrogens is 431 g/mol. The van der Waals surface area contributed by atoms with Crippen LogP contribution in [0.15, 0.2) is 24.4 Å². The number of ether oxygens (including phenoxy) is 3. The molecule has 2 aromatic rings. The molecule has 0 spiro atoms. The van der Waals surface area contributed by atoms with Gasteiger partial charge < -0.3 is 14.2 Å². The highest BCUT2D eigenvalue weighted by atomic mass is 35.5. The summed E-state index contributed by atoms with van der Waals surface area (Å²) in [6.07, 6.45) is 1.11. The lowest BCUT2D eigenvalue weighted by Crippen LogP contribution is -2.16. The minimum absolute atomic E-state index is 0.0486. The zero-order chi connectivity index (χ0) is 20.1. The van der Waals surface area contributed by atoms with E-state index in [4.69, 9.17) is 44.3 Å². The number of esters is 1. The first-order valence-electron chi connectivity index (χ1n) is 7.07. The lowest BCUT2D eigenvalue weighted by molar-refractivity contribution is -0.0512. The van der Waals surface area contributed by atoms with Crippen LogP contribution in [-0.4, -0.2) is 37.1 Å². The van der Waals surface area contributed by atoms with E-state index in [1.807, 2.05) is 0 Å². The topological polar surface area (TPSA) is 74.7 Å². The normalized spacial score (nSPS) is 10.6. The Morgan fingerprint density at radius 2 is 1.85 bits per heavy atom. The smallest absolute Gasteiger partial charge is 0.387 e. The van der Waals surface area contributed by atoms with Crippen molar-refractivity contribution in [3.63, 3.8) is 0 Å². The van der Waals surface area contributed by atoms with Crippen molar-refractivity contribution >= 4 is 46.6 Å². The molecule has 0 aliphatic carbocycles. The van der Waals surface area contributed by atoms with Crippen LogP contribution in [0.1, 0.15) is 20.8 Å². The number of methoxy groups -OCH3 is 1. The number of benzene rings is 1. The Kier molecular flexibility index (Phi) is 7.18. The highest BCUT2D eigenvalue weighted by Gasteiger charge is 2.20. The zero-order valence-corrected chi connectivity index (χ0v) is 15.7. The van der Waals surface area contributed by atoms with Gasteiger partial charge in [0.15, 0.2) is 29.6 Å². The van der Waals surface area contributed by atoms with Gasteiger partial charge in [0.2, 0.25) is 0 Å². The van der Waals surface area contributed by atoms with Crippen LogP contribution in [0.5, 0.6) is 11.5 Å². The molecular formula is C16H10Cl3F2NO5. The largest absolute Gasteiger partial charge is 0.493 e. The molecule has 0 saturated heterocycles. The molecule has 2 rings (SSSR count). The van der Waals surface area contributed by atoms with E-state index >= 15 is 0 Å². The predicted octanol–water partition coefficient (Wildman–Crippen LogP) is 4.69. The number of rotatable bonds is 7. The number of aromatic nitrogens is 1. The van der Waals surface area contributed by atoms with Crippen LogP contribution in [0.4, 0.5) is 8.78 Å². The van der Waals surface area contributed by atoms with Gasteiger partial charge in [0.1, 0.15) is 0 Å². The SMILES string of the molecule is COc1cc(C(=O)COC(=O)c2ncc(Cl)c(Cl)c2Cl)ccc1OC(F)F. The molecule has 27 heavy (non-hydrogen) atoms. The van der Waals surface area contributed by atoms with Gasteiger partial charge in [-0.3, -0.25) is 4.79 Å². The van der Waals surface area contributed by atoms with E-state index in [1.54, 1.807) is 0 Å². The van der Waals surface area contributed by atoms with Gasteiger partial charge >= 0.3 is 12.6 Å². The number of nitrogens with zero attached hydrogens (tertiary/aromatic N) is 1. The maximum absolute atomic E-state index is 12.3. The van der Waals surface area contributed by atoms with Crippen molar-refractivity contribution in [3.8, 4) is 11.5 Å². The van der Waals surface area contributed by atoms with Gasteiger partial charge in [-0.2, -0.15) is 8.78 Å². The van der Waals surface area contributed by atoms with Crippen molar-refractivity contribution in [2.45, 2.75) is 6.61 Å². The highest BCUT2D eigenvalue weighted by molar-refractivity contribution is 6.48. The summed E-state index contributed by atoms with van der Waals surface area (Å²) in [5.41, 5.74) is -0.258. The quantitative estimate of drug-likeness (QED) is 0.459. The van der Waals surface area contributed by atoms with Crippen LogP contribution in [0.2, 0.25) is 15.1 Å². The van der Waals surface area contributed by atoms with E-state index in [0.717, 1.165) is 12.3 Å². The van der Waals surface area contributed by atoms with E-state index in [-0.39, 0.29) is 37.8 Å². The van der Waals surface area contributed by atoms with Crippen LogP contribution in [0.3, 0.4) is 0 Å². The molecule has 0 amide bonds. The second kappa shape index (κ2) is 9.16. The summed E-state index contributed by atoms with van der Waals surface area (Å²) in [5, 5.41) is -0.241. The van der Waals surface area contributed by atoms with Gasteiger partial charge in [-0.25, -0.2) is 9.78 Å². The summed E-state index contributed by atoms with van der Waals surface area (Å²) in [6, 6.07) is 3.54. The van der Waals surface area contributed by atoms with Crippen molar-refractivity contribution in [2.24, 2.45) is 0 Å². The molecule has 0 saturated carbocycles. The summed E-state index contributed by atoms with van der Waals surface area (Å²) in [4.78, 5) is 27.9. The van der Waals surface area contributed by atoms with Crippen molar-refractivity contribution < 1.29 is 32.6 Å². The minimum Gasteiger partial charge on any atom is -0.493 e. The van der Waals surface area contributed by atoms with E-state index in [2.05, 4.69) is 9.72 Å². The molecule has 1 aromatic heterocycles. The number of ketones is 1. The van der Waals surface area contributed by atoms with E-state index in [0.29, 0.717) is 0 Å². The van der Waals surface area contributed by atoms with Gasteiger partial charge in [-0.1, -0.05) is 34.8 Å². The Hall–Kier alpha value is -2.16. The molecule has 0 aliphatic heterocycles. The van der Waals surface area contributed by atoms with Gasteiger partial charge in [0.25, 0.3) is 0 Å². The van der Waals surface area contributed by atoms with Gasteiger partial charge in [-0.05, 0) is 18.2 Å². The molecule has 11 heteroatoms. The predicted molar refractivity (Wildman–Crippen MR) is 93.5 cm³/mol. The van der Waals surface area contributed by atoms with Gasteiger partial charge in [0.05, 0.1) is 22.2 Å². The molecule has 0 unspecified atom stereocenters. The zero-order valence-electron chi connectivity index (χ0n) is 13.5. The van der Waals surface area contributed by atoms with Gasteiger partial charge in [-0.15, -0.1) is 0 Å². The number of hydrogen-bond acceptors (Lipinski definition) is 6. The number of halogens is 5. The average Bonchev–Trinajstić information content (AvgIpc) is 2.63. The molecule has 6 nitrogen and oxygen atoms in total. The molecule has 1 heterocycles. The fourth-order valence-electron chi connectivity index (χ4n) is 1.90. The Morgan fingerprint density at radius 3 is 2.48 bits per heavy atom. The number of hydrogen-bond donors (Lipinski definition) is 0. The van der Waals surface area contributed by atoms with Crippen LogP contribution >= 0.6 is 34.8 Å². The molecule has 144 valence electrons. The Balaban J connectivity index is 2.09. The van der Waals surface area contributed by atoms with Crippen LogP contribution in [-0.2, 0) is 4.74 Å². The van der Waals surface area contributed by atoms with Crippen molar-refractivity contribution in [3.05, 3.63) is 50.7 Å². The van der Waals surface area contributed by atoms with E-state index in [1.165, 1.54) is 19.2 Å². The number of alkyl halides is 2. The fraction of sp³-hybridized carbons (Fsp3) is 0.188. The standard InChI is InChI=1S/C16H10Cl3F2NO5/c1-25-11-4-7(2-3-10(11)27-16(20)21)9(23)6-26-15(24)14-13(19)12(18)8(17)5-22-14/h2-5,16H,6H2,1H3. The first kappa shape index (κ1) is 21.1. The van der Waals surface area contributed by atoms with Crippen LogP contribution < -0.4 is 9.47 Å². The molecule has 1 aromatic carbocycles. The second-order valence-electron chi connectivity index (χ2n) is 4.83. The molecule has 0 bridgehead atoms. The maximum atomic E-state index is 12.3. The molecule has 0 fully saturated rings. The molecule has 0 radical (unpaired) electrons. The summed E-state index contributed by atoms with van der Waals surface area (Å²) in [5.74, 6) is -1.94. The number of carbonyl (C=O) groups is 2. The van der Waals surface area contributed by atoms with Crippen LogP contribution in [0, 0.1) is 0 Å². The number of carbonyl (C=O) groups excluding carboxylic acids is 2. The summed E-state index contributed by atoms with van der Waals surface area (Å²) in [7, 11) is 1.22.